The fourth-order valence-electron chi connectivity index (χ4n) is 2.10. The molecule has 18 heavy (non-hydrogen) atoms. The van der Waals surface area contributed by atoms with Crippen LogP contribution < -0.4 is 10.1 Å². The van der Waals surface area contributed by atoms with Crippen molar-refractivity contribution in [3.8, 4) is 5.75 Å². The van der Waals surface area contributed by atoms with Gasteiger partial charge in [-0.15, -0.1) is 0 Å². The molecule has 2 heterocycles. The minimum Gasteiger partial charge on any atom is -0.487 e. The summed E-state index contributed by atoms with van der Waals surface area (Å²) < 4.78 is 11.4. The van der Waals surface area contributed by atoms with Gasteiger partial charge in [0.15, 0.2) is 11.6 Å². The highest BCUT2D eigenvalue weighted by atomic mass is 16.5. The van der Waals surface area contributed by atoms with Crippen molar-refractivity contribution < 1.29 is 9.47 Å². The fraction of sp³-hybridized carbons (Fsp3) is 0.643. The number of anilines is 1. The van der Waals surface area contributed by atoms with E-state index in [0.29, 0.717) is 0 Å². The van der Waals surface area contributed by atoms with E-state index in [9.17, 15) is 0 Å². The summed E-state index contributed by atoms with van der Waals surface area (Å²) in [7, 11) is 0. The van der Waals surface area contributed by atoms with Crippen LogP contribution in [0.25, 0.3) is 0 Å². The van der Waals surface area contributed by atoms with Crippen LogP contribution in [0.15, 0.2) is 18.3 Å². The summed E-state index contributed by atoms with van der Waals surface area (Å²) in [5.74, 6) is 1.60. The number of hydrogen-bond acceptors (Lipinski definition) is 4. The normalized spacial score (nSPS) is 27.5. The molecule has 1 N–H and O–H groups in total. The van der Waals surface area contributed by atoms with Gasteiger partial charge in [-0.1, -0.05) is 0 Å². The average Bonchev–Trinajstić information content (AvgIpc) is 2.61. The van der Waals surface area contributed by atoms with Crippen LogP contribution >= 0.6 is 0 Å². The maximum atomic E-state index is 5.77. The van der Waals surface area contributed by atoms with E-state index in [-0.39, 0.29) is 17.7 Å². The number of aromatic nitrogens is 1. The molecule has 4 heteroatoms. The van der Waals surface area contributed by atoms with Gasteiger partial charge in [0.2, 0.25) is 0 Å². The van der Waals surface area contributed by atoms with Gasteiger partial charge in [-0.05, 0) is 46.2 Å². The van der Waals surface area contributed by atoms with Crippen molar-refractivity contribution in [2.24, 2.45) is 0 Å². The predicted molar refractivity (Wildman–Crippen MR) is 72.1 cm³/mol. The van der Waals surface area contributed by atoms with E-state index >= 15 is 0 Å². The fourth-order valence-corrected chi connectivity index (χ4v) is 2.10. The number of nitrogens with one attached hydrogen (secondary N) is 1. The smallest absolute Gasteiger partial charge is 0.169 e. The lowest BCUT2D eigenvalue weighted by Crippen LogP contribution is -2.41. The van der Waals surface area contributed by atoms with Crippen LogP contribution in [0.3, 0.4) is 0 Å². The molecule has 0 spiro atoms. The molecule has 1 aromatic rings. The molecule has 2 rings (SSSR count). The molecule has 2 unspecified atom stereocenters. The van der Waals surface area contributed by atoms with E-state index in [4.69, 9.17) is 9.47 Å². The third-order valence-corrected chi connectivity index (χ3v) is 3.42. The molecule has 0 amide bonds. The second kappa shape index (κ2) is 5.14. The minimum atomic E-state index is -0.0799. The maximum Gasteiger partial charge on any atom is 0.169 e. The molecule has 1 aromatic heterocycles. The van der Waals surface area contributed by atoms with E-state index in [1.807, 2.05) is 26.0 Å². The molecule has 1 saturated heterocycles. The van der Waals surface area contributed by atoms with E-state index in [0.717, 1.165) is 24.6 Å². The molecular weight excluding hydrogens is 228 g/mol. The number of rotatable bonds is 4. The van der Waals surface area contributed by atoms with E-state index in [1.54, 1.807) is 6.20 Å². The van der Waals surface area contributed by atoms with Crippen molar-refractivity contribution in [2.75, 3.05) is 11.9 Å². The summed E-state index contributed by atoms with van der Waals surface area (Å²) in [6, 6.07) is 3.83. The van der Waals surface area contributed by atoms with Crippen molar-refractivity contribution in [2.45, 2.75) is 51.9 Å². The Balaban J connectivity index is 2.18. The third-order valence-electron chi connectivity index (χ3n) is 3.42. The Hall–Kier alpha value is -1.29. The lowest BCUT2D eigenvalue weighted by atomic mass is 9.95. The molecule has 0 radical (unpaired) electrons. The monoisotopic (exact) mass is 250 g/mol. The topological polar surface area (TPSA) is 43.4 Å². The number of pyridine rings is 1. The van der Waals surface area contributed by atoms with Gasteiger partial charge < -0.3 is 14.8 Å². The summed E-state index contributed by atoms with van der Waals surface area (Å²) in [4.78, 5) is 4.38. The summed E-state index contributed by atoms with van der Waals surface area (Å²) in [5, 5.41) is 3.48. The number of ether oxygens (including phenoxy) is 2. The summed E-state index contributed by atoms with van der Waals surface area (Å²) in [5.41, 5.74) is -0.0799. The van der Waals surface area contributed by atoms with Gasteiger partial charge in [0.25, 0.3) is 0 Å². The molecule has 100 valence electrons. The lowest BCUT2D eigenvalue weighted by Gasteiger charge is -2.30. The summed E-state index contributed by atoms with van der Waals surface area (Å²) in [6.07, 6.45) is 3.07. The van der Waals surface area contributed by atoms with Crippen LogP contribution in [0.2, 0.25) is 0 Å². The highest BCUT2D eigenvalue weighted by Crippen LogP contribution is 2.32. The second-order valence-corrected chi connectivity index (χ2v) is 5.32. The lowest BCUT2D eigenvalue weighted by molar-refractivity contribution is 0.105. The first-order valence-corrected chi connectivity index (χ1v) is 6.53. The van der Waals surface area contributed by atoms with Crippen molar-refractivity contribution >= 4 is 5.82 Å². The zero-order valence-corrected chi connectivity index (χ0v) is 11.6. The van der Waals surface area contributed by atoms with Crippen LogP contribution in [0.4, 0.5) is 5.82 Å². The second-order valence-electron chi connectivity index (χ2n) is 5.32. The first-order chi connectivity index (χ1) is 8.51. The molecule has 1 aliphatic heterocycles. The molecule has 0 saturated carbocycles. The van der Waals surface area contributed by atoms with Crippen molar-refractivity contribution in [1.82, 2.24) is 4.98 Å². The molecular formula is C14H22N2O2. The Morgan fingerprint density at radius 3 is 2.94 bits per heavy atom. The number of hydrogen-bond donors (Lipinski definition) is 1. The molecule has 0 aromatic carbocycles. The van der Waals surface area contributed by atoms with Gasteiger partial charge in [-0.2, -0.15) is 0 Å². The Morgan fingerprint density at radius 2 is 2.33 bits per heavy atom. The van der Waals surface area contributed by atoms with Crippen molar-refractivity contribution in [3.05, 3.63) is 18.3 Å². The van der Waals surface area contributed by atoms with Crippen molar-refractivity contribution in [1.29, 1.82) is 0 Å². The first kappa shape index (κ1) is 13.1. The first-order valence-electron chi connectivity index (χ1n) is 6.53. The zero-order valence-electron chi connectivity index (χ0n) is 11.6. The molecule has 4 nitrogen and oxygen atoms in total. The largest absolute Gasteiger partial charge is 0.487 e. The predicted octanol–water partition coefficient (Wildman–Crippen LogP) is 2.85. The molecule has 2 atom stereocenters. The van der Waals surface area contributed by atoms with Crippen molar-refractivity contribution in [3.63, 3.8) is 0 Å². The van der Waals surface area contributed by atoms with E-state index in [2.05, 4.69) is 24.1 Å². The Labute approximate surface area is 109 Å². The summed E-state index contributed by atoms with van der Waals surface area (Å²) >= 11 is 0. The molecule has 0 aliphatic carbocycles. The number of nitrogens with zero attached hydrogens (tertiary/aromatic N) is 1. The molecule has 1 fully saturated rings. The minimum absolute atomic E-state index is 0.0799. The highest BCUT2D eigenvalue weighted by molar-refractivity contribution is 5.51. The van der Waals surface area contributed by atoms with Crippen LogP contribution in [-0.2, 0) is 4.74 Å². The SMILES string of the molecule is CC(C)Oc1cccnc1NC1(C)CCOC1C. The highest BCUT2D eigenvalue weighted by Gasteiger charge is 2.37. The van der Waals surface area contributed by atoms with Crippen LogP contribution in [0.5, 0.6) is 5.75 Å². The maximum absolute atomic E-state index is 5.77. The average molecular weight is 250 g/mol. The Kier molecular flexibility index (Phi) is 3.76. The van der Waals surface area contributed by atoms with Gasteiger partial charge in [0.1, 0.15) is 0 Å². The van der Waals surface area contributed by atoms with E-state index < -0.39 is 0 Å². The van der Waals surface area contributed by atoms with Gasteiger partial charge in [-0.3, -0.25) is 0 Å². The van der Waals surface area contributed by atoms with Gasteiger partial charge in [-0.25, -0.2) is 4.98 Å². The zero-order chi connectivity index (χ0) is 13.2. The quantitative estimate of drug-likeness (QED) is 0.892. The van der Waals surface area contributed by atoms with Gasteiger partial charge in [0, 0.05) is 12.8 Å². The third kappa shape index (κ3) is 2.75. The van der Waals surface area contributed by atoms with E-state index in [1.165, 1.54) is 0 Å². The van der Waals surface area contributed by atoms with Gasteiger partial charge >= 0.3 is 0 Å². The van der Waals surface area contributed by atoms with Crippen LogP contribution in [-0.4, -0.2) is 29.3 Å². The van der Waals surface area contributed by atoms with Crippen LogP contribution in [0, 0.1) is 0 Å². The summed E-state index contributed by atoms with van der Waals surface area (Å²) in [6.45, 7) is 9.07. The Morgan fingerprint density at radius 1 is 1.56 bits per heavy atom. The van der Waals surface area contributed by atoms with Crippen LogP contribution in [0.1, 0.15) is 34.1 Å². The van der Waals surface area contributed by atoms with Gasteiger partial charge in [0.05, 0.1) is 17.7 Å². The Bertz CT molecular complexity index is 409. The standard InChI is InChI=1S/C14H22N2O2/c1-10(2)18-12-6-5-8-15-13(12)16-14(4)7-9-17-11(14)3/h5-6,8,10-11H,7,9H2,1-4H3,(H,15,16). The molecule has 1 aliphatic rings. The molecule has 0 bridgehead atoms.